The Bertz CT molecular complexity index is 807. The molecule has 2 rings (SSSR count). The van der Waals surface area contributed by atoms with Crippen LogP contribution in [0.4, 0.5) is 4.39 Å². The summed E-state index contributed by atoms with van der Waals surface area (Å²) in [4.78, 5) is 28.1. The minimum atomic E-state index is -0.620. The van der Waals surface area contributed by atoms with Crippen LogP contribution in [-0.4, -0.2) is 35.1 Å². The minimum Gasteiger partial charge on any atom is -0.354 e. The largest absolute Gasteiger partial charge is 0.354 e. The SMILES string of the molecule is Cc1ccc(SCC(=O)N(Cc2ccc(F)cc2)[C@H](C)C(=O)NCC(C)C)cc1. The molecule has 156 valence electrons. The summed E-state index contributed by atoms with van der Waals surface area (Å²) in [6, 6.07) is 13.4. The van der Waals surface area contributed by atoms with E-state index < -0.39 is 6.04 Å². The number of nitrogens with zero attached hydrogens (tertiary/aromatic N) is 1. The summed E-state index contributed by atoms with van der Waals surface area (Å²) in [6.07, 6.45) is 0. The first kappa shape index (κ1) is 22.9. The van der Waals surface area contributed by atoms with Crippen molar-refractivity contribution in [3.8, 4) is 0 Å². The van der Waals surface area contributed by atoms with Crippen LogP contribution in [-0.2, 0) is 16.1 Å². The van der Waals surface area contributed by atoms with Gasteiger partial charge in [-0.15, -0.1) is 11.8 Å². The second-order valence-electron chi connectivity index (χ2n) is 7.56. The Kier molecular flexibility index (Phi) is 8.70. The number of hydrogen-bond donors (Lipinski definition) is 1. The van der Waals surface area contributed by atoms with E-state index >= 15 is 0 Å². The summed E-state index contributed by atoms with van der Waals surface area (Å²) in [6.45, 7) is 8.59. The predicted octanol–water partition coefficient (Wildman–Crippen LogP) is 4.42. The van der Waals surface area contributed by atoms with Crippen molar-refractivity contribution in [2.24, 2.45) is 5.92 Å². The second-order valence-corrected chi connectivity index (χ2v) is 8.61. The van der Waals surface area contributed by atoms with Gasteiger partial charge in [-0.3, -0.25) is 9.59 Å². The summed E-state index contributed by atoms with van der Waals surface area (Å²) in [7, 11) is 0. The maximum atomic E-state index is 13.2. The molecule has 1 N–H and O–H groups in total. The standard InChI is InChI=1S/C23H29FN2O2S/c1-16(2)13-25-23(28)18(4)26(14-19-7-9-20(24)10-8-19)22(27)15-29-21-11-5-17(3)6-12-21/h5-12,16,18H,13-15H2,1-4H3,(H,25,28)/t18-/m1/s1. The van der Waals surface area contributed by atoms with Crippen LogP contribution in [0.15, 0.2) is 53.4 Å². The quantitative estimate of drug-likeness (QED) is 0.616. The van der Waals surface area contributed by atoms with Crippen molar-refractivity contribution in [1.82, 2.24) is 10.2 Å². The summed E-state index contributed by atoms with van der Waals surface area (Å²) >= 11 is 1.44. The number of rotatable bonds is 9. The Morgan fingerprint density at radius 2 is 1.66 bits per heavy atom. The van der Waals surface area contributed by atoms with Crippen molar-refractivity contribution >= 4 is 23.6 Å². The van der Waals surface area contributed by atoms with Gasteiger partial charge in [0.2, 0.25) is 11.8 Å². The number of amides is 2. The van der Waals surface area contributed by atoms with Crippen LogP contribution in [0.25, 0.3) is 0 Å². The maximum absolute atomic E-state index is 13.2. The van der Waals surface area contributed by atoms with Gasteiger partial charge in [-0.25, -0.2) is 4.39 Å². The van der Waals surface area contributed by atoms with Crippen molar-refractivity contribution in [1.29, 1.82) is 0 Å². The molecule has 2 aromatic carbocycles. The van der Waals surface area contributed by atoms with Crippen molar-refractivity contribution < 1.29 is 14.0 Å². The molecular formula is C23H29FN2O2S. The van der Waals surface area contributed by atoms with E-state index in [-0.39, 0.29) is 29.9 Å². The van der Waals surface area contributed by atoms with Gasteiger partial charge < -0.3 is 10.2 Å². The highest BCUT2D eigenvalue weighted by Gasteiger charge is 2.26. The predicted molar refractivity (Wildman–Crippen MR) is 116 cm³/mol. The molecule has 0 spiro atoms. The zero-order valence-corrected chi connectivity index (χ0v) is 18.3. The maximum Gasteiger partial charge on any atom is 0.242 e. The molecule has 6 heteroatoms. The lowest BCUT2D eigenvalue weighted by molar-refractivity contribution is -0.138. The lowest BCUT2D eigenvalue weighted by atomic mass is 10.1. The minimum absolute atomic E-state index is 0.132. The molecular weight excluding hydrogens is 387 g/mol. The molecule has 0 radical (unpaired) electrons. The molecule has 0 aliphatic carbocycles. The third-order valence-electron chi connectivity index (χ3n) is 4.50. The number of nitrogens with one attached hydrogen (secondary N) is 1. The van der Waals surface area contributed by atoms with Crippen LogP contribution in [0, 0.1) is 18.7 Å². The molecule has 2 amide bonds. The number of hydrogen-bond acceptors (Lipinski definition) is 3. The topological polar surface area (TPSA) is 49.4 Å². The molecule has 0 saturated heterocycles. The molecule has 1 atom stereocenters. The second kappa shape index (κ2) is 11.0. The number of carbonyl (C=O) groups excluding carboxylic acids is 2. The van der Waals surface area contributed by atoms with Gasteiger partial charge in [-0.1, -0.05) is 43.7 Å². The average Bonchev–Trinajstić information content (AvgIpc) is 2.70. The monoisotopic (exact) mass is 416 g/mol. The number of halogens is 1. The zero-order chi connectivity index (χ0) is 21.4. The normalized spacial score (nSPS) is 11.9. The van der Waals surface area contributed by atoms with Gasteiger partial charge in [0.05, 0.1) is 5.75 Å². The number of aryl methyl sites for hydroxylation is 1. The average molecular weight is 417 g/mol. The van der Waals surface area contributed by atoms with Crippen molar-refractivity contribution in [2.75, 3.05) is 12.3 Å². The Balaban J connectivity index is 2.10. The zero-order valence-electron chi connectivity index (χ0n) is 17.4. The number of thioether (sulfide) groups is 1. The van der Waals surface area contributed by atoms with Crippen LogP contribution in [0.5, 0.6) is 0 Å². The van der Waals surface area contributed by atoms with Gasteiger partial charge >= 0.3 is 0 Å². The van der Waals surface area contributed by atoms with Gasteiger partial charge in [-0.2, -0.15) is 0 Å². The van der Waals surface area contributed by atoms with Gasteiger partial charge in [0, 0.05) is 18.0 Å². The molecule has 0 aliphatic rings. The molecule has 0 heterocycles. The van der Waals surface area contributed by atoms with Crippen LogP contribution in [0.3, 0.4) is 0 Å². The molecule has 0 unspecified atom stereocenters. The molecule has 0 saturated carbocycles. The Morgan fingerprint density at radius 3 is 2.24 bits per heavy atom. The van der Waals surface area contributed by atoms with E-state index in [1.165, 1.54) is 23.9 Å². The van der Waals surface area contributed by atoms with E-state index in [0.29, 0.717) is 12.5 Å². The summed E-state index contributed by atoms with van der Waals surface area (Å²) in [5, 5.41) is 2.89. The van der Waals surface area contributed by atoms with Crippen LogP contribution >= 0.6 is 11.8 Å². The van der Waals surface area contributed by atoms with Crippen molar-refractivity contribution in [3.63, 3.8) is 0 Å². The first-order valence-electron chi connectivity index (χ1n) is 9.77. The molecule has 2 aromatic rings. The summed E-state index contributed by atoms with van der Waals surface area (Å²) < 4.78 is 13.2. The lowest BCUT2D eigenvalue weighted by Crippen LogP contribution is -2.48. The van der Waals surface area contributed by atoms with Crippen molar-refractivity contribution in [2.45, 2.75) is 45.2 Å². The lowest BCUT2D eigenvalue weighted by Gasteiger charge is -2.29. The molecule has 4 nitrogen and oxygen atoms in total. The highest BCUT2D eigenvalue weighted by atomic mass is 32.2. The van der Waals surface area contributed by atoms with Gasteiger partial charge in [0.25, 0.3) is 0 Å². The molecule has 29 heavy (non-hydrogen) atoms. The fraction of sp³-hybridized carbons (Fsp3) is 0.391. The van der Waals surface area contributed by atoms with E-state index in [2.05, 4.69) is 5.32 Å². The Morgan fingerprint density at radius 1 is 1.03 bits per heavy atom. The Hall–Kier alpha value is -2.34. The number of benzene rings is 2. The van der Waals surface area contributed by atoms with Crippen LogP contribution in [0.1, 0.15) is 31.9 Å². The first-order valence-corrected chi connectivity index (χ1v) is 10.8. The van der Waals surface area contributed by atoms with Crippen LogP contribution < -0.4 is 5.32 Å². The number of carbonyl (C=O) groups is 2. The summed E-state index contributed by atoms with van der Waals surface area (Å²) in [5.41, 5.74) is 1.94. The highest BCUT2D eigenvalue weighted by molar-refractivity contribution is 8.00. The molecule has 0 bridgehead atoms. The first-order chi connectivity index (χ1) is 13.8. The van der Waals surface area contributed by atoms with Crippen LogP contribution in [0.2, 0.25) is 0 Å². The molecule has 0 aromatic heterocycles. The molecule has 0 aliphatic heterocycles. The van der Waals surface area contributed by atoms with E-state index in [1.54, 1.807) is 24.0 Å². The fourth-order valence-electron chi connectivity index (χ4n) is 2.68. The third-order valence-corrected chi connectivity index (χ3v) is 5.50. The third kappa shape index (κ3) is 7.54. The summed E-state index contributed by atoms with van der Waals surface area (Å²) in [5.74, 6) is -0.0955. The fourth-order valence-corrected chi connectivity index (χ4v) is 3.47. The van der Waals surface area contributed by atoms with E-state index in [9.17, 15) is 14.0 Å². The van der Waals surface area contributed by atoms with Gasteiger partial charge in [0.1, 0.15) is 11.9 Å². The van der Waals surface area contributed by atoms with Crippen molar-refractivity contribution in [3.05, 3.63) is 65.5 Å². The van der Waals surface area contributed by atoms with E-state index in [1.807, 2.05) is 45.0 Å². The van der Waals surface area contributed by atoms with E-state index in [4.69, 9.17) is 0 Å². The highest BCUT2D eigenvalue weighted by Crippen LogP contribution is 2.20. The Labute approximate surface area is 176 Å². The van der Waals surface area contributed by atoms with E-state index in [0.717, 1.165) is 16.0 Å². The smallest absolute Gasteiger partial charge is 0.242 e. The molecule has 0 fully saturated rings. The van der Waals surface area contributed by atoms with Gasteiger partial charge in [0.15, 0.2) is 0 Å². The van der Waals surface area contributed by atoms with Gasteiger partial charge in [-0.05, 0) is 49.6 Å².